The van der Waals surface area contributed by atoms with Crippen molar-refractivity contribution in [2.24, 2.45) is 5.92 Å². The summed E-state index contributed by atoms with van der Waals surface area (Å²) in [5, 5.41) is 0. The first-order valence-electron chi connectivity index (χ1n) is 6.13. The van der Waals surface area contributed by atoms with Crippen molar-refractivity contribution in [3.05, 3.63) is 0 Å². The van der Waals surface area contributed by atoms with Gasteiger partial charge in [-0.3, -0.25) is 9.69 Å². The van der Waals surface area contributed by atoms with Gasteiger partial charge in [0, 0.05) is 24.9 Å². The second-order valence-corrected chi connectivity index (χ2v) is 5.05. The Morgan fingerprint density at radius 1 is 1.35 bits per heavy atom. The Balaban J connectivity index is 2.56. The monoisotopic (exact) mass is 251 g/mol. The van der Waals surface area contributed by atoms with Crippen LogP contribution in [0.2, 0.25) is 0 Å². The molecule has 0 saturated heterocycles. The van der Waals surface area contributed by atoms with Crippen LogP contribution < -0.4 is 0 Å². The second kappa shape index (κ2) is 5.85. The van der Waals surface area contributed by atoms with Gasteiger partial charge >= 0.3 is 6.18 Å². The van der Waals surface area contributed by atoms with Crippen LogP contribution in [0.15, 0.2) is 0 Å². The quantitative estimate of drug-likeness (QED) is 0.765. The van der Waals surface area contributed by atoms with E-state index in [2.05, 4.69) is 0 Å². The average Bonchev–Trinajstić information content (AvgIpc) is 2.18. The topological polar surface area (TPSA) is 20.3 Å². The van der Waals surface area contributed by atoms with Crippen LogP contribution >= 0.6 is 0 Å². The minimum absolute atomic E-state index is 0.129. The van der Waals surface area contributed by atoms with Crippen LogP contribution in [-0.4, -0.2) is 36.0 Å². The molecule has 0 aromatic carbocycles. The van der Waals surface area contributed by atoms with Crippen molar-refractivity contribution < 1.29 is 18.0 Å². The Labute approximate surface area is 100 Å². The highest BCUT2D eigenvalue weighted by Crippen LogP contribution is 2.24. The first kappa shape index (κ1) is 14.5. The summed E-state index contributed by atoms with van der Waals surface area (Å²) in [6.07, 6.45) is -1.09. The van der Waals surface area contributed by atoms with Crippen molar-refractivity contribution in [3.63, 3.8) is 0 Å². The predicted molar refractivity (Wildman–Crippen MR) is 59.7 cm³/mol. The number of hydrogen-bond donors (Lipinski definition) is 0. The van der Waals surface area contributed by atoms with Gasteiger partial charge in [0.25, 0.3) is 0 Å². The van der Waals surface area contributed by atoms with Crippen LogP contribution in [-0.2, 0) is 4.79 Å². The summed E-state index contributed by atoms with van der Waals surface area (Å²) in [5.41, 5.74) is 0. The molecule has 0 N–H and O–H groups in total. The molecule has 2 nitrogen and oxygen atoms in total. The summed E-state index contributed by atoms with van der Waals surface area (Å²) in [4.78, 5) is 13.0. The van der Waals surface area contributed by atoms with Crippen LogP contribution in [0.5, 0.6) is 0 Å². The van der Waals surface area contributed by atoms with Gasteiger partial charge in [-0.2, -0.15) is 13.2 Å². The van der Waals surface area contributed by atoms with E-state index in [1.54, 1.807) is 13.8 Å². The molecule has 0 heterocycles. The normalized spacial score (nSPS) is 22.5. The molecule has 0 aromatic rings. The maximum absolute atomic E-state index is 12.4. The molecule has 5 heteroatoms. The Hall–Kier alpha value is -0.580. The zero-order chi connectivity index (χ0) is 13.1. The molecule has 1 rings (SSSR count). The van der Waals surface area contributed by atoms with Gasteiger partial charge in [0.1, 0.15) is 5.78 Å². The maximum atomic E-state index is 12.4. The fourth-order valence-electron chi connectivity index (χ4n) is 2.22. The van der Waals surface area contributed by atoms with Crippen molar-refractivity contribution >= 4 is 5.78 Å². The Morgan fingerprint density at radius 2 is 2.00 bits per heavy atom. The van der Waals surface area contributed by atoms with Crippen LogP contribution in [0, 0.1) is 5.92 Å². The van der Waals surface area contributed by atoms with Crippen molar-refractivity contribution in [3.8, 4) is 0 Å². The lowest BCUT2D eigenvalue weighted by Gasteiger charge is -2.32. The first-order chi connectivity index (χ1) is 7.79. The van der Waals surface area contributed by atoms with E-state index in [4.69, 9.17) is 0 Å². The predicted octanol–water partition coefficient (Wildman–Crippen LogP) is 3.02. The molecule has 1 aliphatic rings. The lowest BCUT2D eigenvalue weighted by atomic mass is 9.87. The molecule has 100 valence electrons. The van der Waals surface area contributed by atoms with Gasteiger partial charge in [0.05, 0.1) is 6.54 Å². The van der Waals surface area contributed by atoms with E-state index in [0.717, 1.165) is 19.3 Å². The van der Waals surface area contributed by atoms with Gasteiger partial charge < -0.3 is 0 Å². The molecule has 0 radical (unpaired) electrons. The highest BCUT2D eigenvalue weighted by molar-refractivity contribution is 5.81. The Bertz CT molecular complexity index is 263. The fourth-order valence-corrected chi connectivity index (χ4v) is 2.22. The molecular weight excluding hydrogens is 231 g/mol. The number of carbonyl (C=O) groups excluding carboxylic acids is 1. The maximum Gasteiger partial charge on any atom is 0.401 e. The van der Waals surface area contributed by atoms with Crippen LogP contribution in [0.1, 0.15) is 39.5 Å². The lowest BCUT2D eigenvalue weighted by molar-refractivity contribution is -0.153. The summed E-state index contributed by atoms with van der Waals surface area (Å²) >= 11 is 0. The van der Waals surface area contributed by atoms with E-state index >= 15 is 0 Å². The summed E-state index contributed by atoms with van der Waals surface area (Å²) in [5.74, 6) is -0.0717. The van der Waals surface area contributed by atoms with Gasteiger partial charge in [-0.25, -0.2) is 0 Å². The number of rotatable bonds is 4. The summed E-state index contributed by atoms with van der Waals surface area (Å²) < 4.78 is 37.2. The average molecular weight is 251 g/mol. The molecule has 1 fully saturated rings. The zero-order valence-corrected chi connectivity index (χ0v) is 10.4. The summed E-state index contributed by atoms with van der Waals surface area (Å²) in [7, 11) is 0. The number of alkyl halides is 3. The van der Waals surface area contributed by atoms with E-state index in [1.165, 1.54) is 4.90 Å². The lowest BCUT2D eigenvalue weighted by Crippen LogP contribution is -2.43. The standard InChI is InChI=1S/C12H20F3NO/c1-9(2)16(8-12(13,14)15)7-10-5-3-4-6-11(10)17/h9-10H,3-8H2,1-2H3. The molecule has 1 aliphatic carbocycles. The van der Waals surface area contributed by atoms with Crippen molar-refractivity contribution in [2.75, 3.05) is 13.1 Å². The number of carbonyl (C=O) groups is 1. The number of Topliss-reactive ketones (excluding diaryl/α,β-unsaturated/α-hetero) is 1. The summed E-state index contributed by atoms with van der Waals surface area (Å²) in [6.45, 7) is 2.79. The molecule has 1 saturated carbocycles. The first-order valence-corrected chi connectivity index (χ1v) is 6.13. The molecule has 0 bridgehead atoms. The number of nitrogens with zero attached hydrogens (tertiary/aromatic N) is 1. The van der Waals surface area contributed by atoms with Crippen LogP contribution in [0.3, 0.4) is 0 Å². The number of hydrogen-bond acceptors (Lipinski definition) is 2. The highest BCUT2D eigenvalue weighted by atomic mass is 19.4. The van der Waals surface area contributed by atoms with E-state index < -0.39 is 12.7 Å². The van der Waals surface area contributed by atoms with Gasteiger partial charge in [-0.05, 0) is 26.7 Å². The third-order valence-electron chi connectivity index (χ3n) is 3.25. The second-order valence-electron chi connectivity index (χ2n) is 5.05. The van der Waals surface area contributed by atoms with Gasteiger partial charge in [-0.15, -0.1) is 0 Å². The van der Waals surface area contributed by atoms with Gasteiger partial charge in [0.15, 0.2) is 0 Å². The highest BCUT2D eigenvalue weighted by Gasteiger charge is 2.34. The van der Waals surface area contributed by atoms with Gasteiger partial charge in [-0.1, -0.05) is 6.42 Å². The number of ketones is 1. The third-order valence-corrected chi connectivity index (χ3v) is 3.25. The SMILES string of the molecule is CC(C)N(CC1CCCCC1=O)CC(F)(F)F. The molecule has 0 spiro atoms. The van der Waals surface area contributed by atoms with Crippen LogP contribution in [0.4, 0.5) is 13.2 Å². The smallest absolute Gasteiger partial charge is 0.299 e. The van der Waals surface area contributed by atoms with E-state index in [0.29, 0.717) is 6.42 Å². The molecule has 0 aliphatic heterocycles. The Kier molecular flexibility index (Phi) is 4.98. The fraction of sp³-hybridized carbons (Fsp3) is 0.917. The minimum atomic E-state index is -4.19. The third kappa shape index (κ3) is 5.06. The van der Waals surface area contributed by atoms with Crippen LogP contribution in [0.25, 0.3) is 0 Å². The van der Waals surface area contributed by atoms with Gasteiger partial charge in [0.2, 0.25) is 0 Å². The molecule has 0 aromatic heterocycles. The Morgan fingerprint density at radius 3 is 2.47 bits per heavy atom. The molecule has 17 heavy (non-hydrogen) atoms. The van der Waals surface area contributed by atoms with Crippen molar-refractivity contribution in [2.45, 2.75) is 51.7 Å². The molecule has 0 amide bonds. The summed E-state index contributed by atoms with van der Waals surface area (Å²) in [6, 6.07) is -0.189. The van der Waals surface area contributed by atoms with E-state index in [1.807, 2.05) is 0 Å². The van der Waals surface area contributed by atoms with E-state index in [-0.39, 0.29) is 24.3 Å². The zero-order valence-electron chi connectivity index (χ0n) is 10.4. The van der Waals surface area contributed by atoms with Crippen molar-refractivity contribution in [1.82, 2.24) is 4.90 Å². The number of halogens is 3. The molecular formula is C12H20F3NO. The van der Waals surface area contributed by atoms with E-state index in [9.17, 15) is 18.0 Å². The van der Waals surface area contributed by atoms with Crippen molar-refractivity contribution in [1.29, 1.82) is 0 Å². The largest absolute Gasteiger partial charge is 0.401 e. The minimum Gasteiger partial charge on any atom is -0.299 e. The molecule has 1 unspecified atom stereocenters. The molecule has 1 atom stereocenters.